The highest BCUT2D eigenvalue weighted by molar-refractivity contribution is 7.20. The monoisotopic (exact) mass is 470 g/mol. The molecule has 1 saturated heterocycles. The third kappa shape index (κ3) is 4.39. The average Bonchev–Trinajstić information content (AvgIpc) is 3.31. The number of primary amides is 1. The van der Waals surface area contributed by atoms with Crippen molar-refractivity contribution in [3.8, 4) is 16.7 Å². The second kappa shape index (κ2) is 8.97. The molecular formula is C23H23ClN4O3S. The molecule has 9 heteroatoms. The number of rotatable bonds is 7. The van der Waals surface area contributed by atoms with Crippen LogP contribution in [0, 0.1) is 0 Å². The molecule has 2 aliphatic heterocycles. The van der Waals surface area contributed by atoms with Crippen molar-refractivity contribution in [1.29, 1.82) is 0 Å². The van der Waals surface area contributed by atoms with Crippen molar-refractivity contribution in [3.05, 3.63) is 59.3 Å². The molecular weight excluding hydrogens is 448 g/mol. The van der Waals surface area contributed by atoms with E-state index in [0.717, 1.165) is 47.5 Å². The Morgan fingerprint density at radius 1 is 1.25 bits per heavy atom. The molecule has 1 aromatic heterocycles. The number of para-hydroxylation sites is 1. The SMILES string of the molecule is NC(=O)N1C2=CC[C@H]1C[C@@H](NCCOc1ccc(Oc3nc4c(Cl)cccc4s3)cc1)C2. The zero-order valence-electron chi connectivity index (χ0n) is 17.3. The summed E-state index contributed by atoms with van der Waals surface area (Å²) < 4.78 is 12.7. The van der Waals surface area contributed by atoms with Gasteiger partial charge in [-0.1, -0.05) is 35.1 Å². The van der Waals surface area contributed by atoms with Crippen LogP contribution in [0.1, 0.15) is 19.3 Å². The van der Waals surface area contributed by atoms with Gasteiger partial charge in [-0.25, -0.2) is 9.78 Å². The Morgan fingerprint density at radius 2 is 2.06 bits per heavy atom. The average molecular weight is 471 g/mol. The highest BCUT2D eigenvalue weighted by Gasteiger charge is 2.37. The Balaban J connectivity index is 1.08. The Kier molecular flexibility index (Phi) is 5.91. The number of hydrogen-bond acceptors (Lipinski definition) is 6. The molecule has 2 bridgehead atoms. The smallest absolute Gasteiger partial charge is 0.319 e. The van der Waals surface area contributed by atoms with Crippen molar-refractivity contribution in [3.63, 3.8) is 0 Å². The Morgan fingerprint density at radius 3 is 2.81 bits per heavy atom. The zero-order chi connectivity index (χ0) is 22.1. The van der Waals surface area contributed by atoms with Gasteiger partial charge in [-0.2, -0.15) is 0 Å². The lowest BCUT2D eigenvalue weighted by Crippen LogP contribution is -2.49. The van der Waals surface area contributed by atoms with Crippen LogP contribution in [0.15, 0.2) is 54.2 Å². The van der Waals surface area contributed by atoms with Gasteiger partial charge in [0.25, 0.3) is 5.19 Å². The molecule has 3 aromatic rings. The molecule has 2 aliphatic rings. The molecule has 2 aromatic carbocycles. The van der Waals surface area contributed by atoms with Crippen LogP contribution in [0.25, 0.3) is 10.2 Å². The first-order chi connectivity index (χ1) is 15.6. The predicted octanol–water partition coefficient (Wildman–Crippen LogP) is 4.91. The predicted molar refractivity (Wildman–Crippen MR) is 126 cm³/mol. The van der Waals surface area contributed by atoms with E-state index in [1.165, 1.54) is 11.3 Å². The van der Waals surface area contributed by atoms with Crippen LogP contribution < -0.4 is 20.5 Å². The molecule has 2 atom stereocenters. The van der Waals surface area contributed by atoms with Gasteiger partial charge in [-0.3, -0.25) is 4.90 Å². The molecule has 166 valence electrons. The van der Waals surface area contributed by atoms with E-state index >= 15 is 0 Å². The van der Waals surface area contributed by atoms with Gasteiger partial charge in [-0.05, 0) is 49.2 Å². The van der Waals surface area contributed by atoms with Gasteiger partial charge in [0.05, 0.1) is 9.72 Å². The molecule has 32 heavy (non-hydrogen) atoms. The number of aromatic nitrogens is 1. The topological polar surface area (TPSA) is 89.7 Å². The van der Waals surface area contributed by atoms with E-state index in [4.69, 9.17) is 26.8 Å². The van der Waals surface area contributed by atoms with E-state index in [9.17, 15) is 4.79 Å². The summed E-state index contributed by atoms with van der Waals surface area (Å²) in [7, 11) is 0. The molecule has 3 N–H and O–H groups in total. The Hall–Kier alpha value is -2.81. The van der Waals surface area contributed by atoms with Crippen molar-refractivity contribution >= 4 is 39.2 Å². The fraction of sp³-hybridized carbons (Fsp3) is 0.304. The number of nitrogens with two attached hydrogens (primary N) is 1. The van der Waals surface area contributed by atoms with Crippen LogP contribution in [-0.2, 0) is 0 Å². The number of benzene rings is 2. The van der Waals surface area contributed by atoms with Crippen molar-refractivity contribution in [1.82, 2.24) is 15.2 Å². The van der Waals surface area contributed by atoms with E-state index in [0.29, 0.717) is 28.6 Å². The summed E-state index contributed by atoms with van der Waals surface area (Å²) in [5, 5.41) is 4.70. The van der Waals surface area contributed by atoms with Gasteiger partial charge in [-0.15, -0.1) is 0 Å². The molecule has 1 fully saturated rings. The summed E-state index contributed by atoms with van der Waals surface area (Å²) in [6.07, 6.45) is 4.75. The molecule has 0 unspecified atom stereocenters. The second-order valence-corrected chi connectivity index (χ2v) is 9.27. The Labute approximate surface area is 194 Å². The lowest BCUT2D eigenvalue weighted by Gasteiger charge is -2.36. The lowest BCUT2D eigenvalue weighted by atomic mass is 9.99. The van der Waals surface area contributed by atoms with Crippen LogP contribution in [-0.4, -0.2) is 41.2 Å². The summed E-state index contributed by atoms with van der Waals surface area (Å²) >= 11 is 7.64. The highest BCUT2D eigenvalue weighted by Crippen LogP contribution is 2.35. The normalized spacial score (nSPS) is 19.8. The minimum absolute atomic E-state index is 0.189. The molecule has 7 nitrogen and oxygen atoms in total. The number of piperidine rings is 1. The summed E-state index contributed by atoms with van der Waals surface area (Å²) in [4.78, 5) is 17.8. The largest absolute Gasteiger partial charge is 0.492 e. The van der Waals surface area contributed by atoms with E-state index in [2.05, 4.69) is 16.4 Å². The number of nitrogens with one attached hydrogen (secondary N) is 1. The van der Waals surface area contributed by atoms with E-state index < -0.39 is 0 Å². The zero-order valence-corrected chi connectivity index (χ0v) is 18.9. The third-order valence-electron chi connectivity index (χ3n) is 5.73. The second-order valence-electron chi connectivity index (χ2n) is 7.87. The molecule has 0 saturated carbocycles. The number of amides is 2. The van der Waals surface area contributed by atoms with Crippen LogP contribution in [0.2, 0.25) is 5.02 Å². The van der Waals surface area contributed by atoms with E-state index in [-0.39, 0.29) is 12.1 Å². The Bertz CT molecular complexity index is 1160. The van der Waals surface area contributed by atoms with Crippen molar-refractivity contribution in [2.75, 3.05) is 13.2 Å². The number of carbonyl (C=O) groups is 1. The summed E-state index contributed by atoms with van der Waals surface area (Å²) in [6, 6.07) is 13.4. The summed E-state index contributed by atoms with van der Waals surface area (Å²) in [5.41, 5.74) is 7.28. The van der Waals surface area contributed by atoms with E-state index in [1.807, 2.05) is 42.5 Å². The number of thiazole rings is 1. The number of carbonyl (C=O) groups excluding carboxylic acids is 1. The van der Waals surface area contributed by atoms with Crippen LogP contribution in [0.5, 0.6) is 16.7 Å². The maximum atomic E-state index is 11.6. The highest BCUT2D eigenvalue weighted by atomic mass is 35.5. The maximum absolute atomic E-state index is 11.6. The first kappa shape index (κ1) is 21.1. The van der Waals surface area contributed by atoms with Crippen LogP contribution >= 0.6 is 22.9 Å². The minimum atomic E-state index is -0.347. The van der Waals surface area contributed by atoms with Gasteiger partial charge in [0.1, 0.15) is 23.6 Å². The van der Waals surface area contributed by atoms with Gasteiger partial charge < -0.3 is 20.5 Å². The fourth-order valence-electron chi connectivity index (χ4n) is 4.31. The standard InChI is InChI=1S/C23H23ClN4O3S/c24-19-2-1-3-20-21(19)27-23(32-20)31-18-8-6-17(7-9-18)30-11-10-26-14-12-15-4-5-16(13-14)28(15)22(25)29/h1-4,6-9,14,16,26H,5,10-13H2,(H2,25,29)/t14-,16-/m0/s1. The molecule has 0 aliphatic carbocycles. The van der Waals surface area contributed by atoms with Gasteiger partial charge in [0.15, 0.2) is 0 Å². The summed E-state index contributed by atoms with van der Waals surface area (Å²) in [5.74, 6) is 1.47. The van der Waals surface area contributed by atoms with Gasteiger partial charge in [0, 0.05) is 30.7 Å². The van der Waals surface area contributed by atoms with Crippen LogP contribution in [0.3, 0.4) is 0 Å². The number of urea groups is 1. The maximum Gasteiger partial charge on any atom is 0.319 e. The molecule has 3 heterocycles. The quantitative estimate of drug-likeness (QED) is 0.479. The van der Waals surface area contributed by atoms with Crippen molar-refractivity contribution in [2.24, 2.45) is 5.73 Å². The molecule has 0 spiro atoms. The number of hydrogen-bond donors (Lipinski definition) is 2. The number of nitrogens with zero attached hydrogens (tertiary/aromatic N) is 2. The fourth-order valence-corrected chi connectivity index (χ4v) is 5.44. The molecule has 2 amide bonds. The minimum Gasteiger partial charge on any atom is -0.492 e. The van der Waals surface area contributed by atoms with Crippen molar-refractivity contribution < 1.29 is 14.3 Å². The number of ether oxygens (including phenoxy) is 2. The van der Waals surface area contributed by atoms with Gasteiger partial charge in [0.2, 0.25) is 0 Å². The number of fused-ring (bicyclic) bond motifs is 3. The van der Waals surface area contributed by atoms with Gasteiger partial charge >= 0.3 is 6.03 Å². The van der Waals surface area contributed by atoms with E-state index in [1.54, 1.807) is 4.90 Å². The third-order valence-corrected chi connectivity index (χ3v) is 6.94. The first-order valence-corrected chi connectivity index (χ1v) is 11.7. The first-order valence-electron chi connectivity index (χ1n) is 10.5. The molecule has 5 rings (SSSR count). The van der Waals surface area contributed by atoms with Crippen LogP contribution in [0.4, 0.5) is 4.79 Å². The number of halogens is 1. The molecule has 0 radical (unpaired) electrons. The van der Waals surface area contributed by atoms with Crippen molar-refractivity contribution in [2.45, 2.75) is 31.3 Å². The lowest BCUT2D eigenvalue weighted by molar-refractivity contribution is 0.183. The summed E-state index contributed by atoms with van der Waals surface area (Å²) in [6.45, 7) is 1.28.